The van der Waals surface area contributed by atoms with Crippen LogP contribution in [0, 0.1) is 0 Å². The molecule has 6 nitrogen and oxygen atoms in total. The van der Waals surface area contributed by atoms with Crippen LogP contribution in [0.1, 0.15) is 5.69 Å². The number of amides is 1. The third kappa shape index (κ3) is 3.28. The summed E-state index contributed by atoms with van der Waals surface area (Å²) in [5.74, 6) is 0. The summed E-state index contributed by atoms with van der Waals surface area (Å²) in [4.78, 5) is 29.6. The quantitative estimate of drug-likeness (QED) is 0.251. The summed E-state index contributed by atoms with van der Waals surface area (Å²) in [6.45, 7) is 3.65. The van der Waals surface area contributed by atoms with E-state index in [-0.39, 0.29) is 12.3 Å². The predicted molar refractivity (Wildman–Crippen MR) is 60.6 cm³/mol. The van der Waals surface area contributed by atoms with E-state index in [0.717, 1.165) is 0 Å². The van der Waals surface area contributed by atoms with Crippen LogP contribution >= 0.6 is 11.3 Å². The van der Waals surface area contributed by atoms with Gasteiger partial charge < -0.3 is 10.2 Å². The zero-order chi connectivity index (χ0) is 11.8. The number of hydrogen-bond acceptors (Lipinski definition) is 6. The first-order valence-electron chi connectivity index (χ1n) is 4.24. The SMILES string of the molecule is C=CCON=C(C=O)c1csc(NC=O)n1. The van der Waals surface area contributed by atoms with Gasteiger partial charge in [0.05, 0.1) is 0 Å². The standard InChI is InChI=1S/C9H9N3O3S/c1-2-3-15-12-7(4-13)8-5-16-9(11-8)10-6-14/h2,4-6H,1,3H2,(H,10,11,14). The van der Waals surface area contributed by atoms with Crippen LogP contribution in [0.2, 0.25) is 0 Å². The third-order valence-corrected chi connectivity index (χ3v) is 2.19. The molecule has 0 aliphatic carbocycles. The first kappa shape index (κ1) is 12.1. The molecule has 0 aliphatic heterocycles. The molecule has 1 rings (SSSR count). The van der Waals surface area contributed by atoms with Crippen molar-refractivity contribution in [2.45, 2.75) is 0 Å². The third-order valence-electron chi connectivity index (χ3n) is 1.42. The lowest BCUT2D eigenvalue weighted by Crippen LogP contribution is -2.04. The van der Waals surface area contributed by atoms with Gasteiger partial charge >= 0.3 is 0 Å². The average Bonchev–Trinajstić information content (AvgIpc) is 2.74. The molecule has 84 valence electrons. The van der Waals surface area contributed by atoms with Gasteiger partial charge in [0.2, 0.25) is 6.41 Å². The number of carbonyl (C=O) groups excluding carboxylic acids is 2. The molecular formula is C9H9N3O3S. The zero-order valence-electron chi connectivity index (χ0n) is 8.25. The molecule has 0 radical (unpaired) electrons. The van der Waals surface area contributed by atoms with Crippen molar-refractivity contribution in [3.8, 4) is 0 Å². The van der Waals surface area contributed by atoms with Crippen LogP contribution in [0.25, 0.3) is 0 Å². The maximum atomic E-state index is 10.7. The lowest BCUT2D eigenvalue weighted by molar-refractivity contribution is -0.105. The monoisotopic (exact) mass is 239 g/mol. The van der Waals surface area contributed by atoms with Gasteiger partial charge in [0.1, 0.15) is 12.3 Å². The molecule has 16 heavy (non-hydrogen) atoms. The number of thiazole rings is 1. The average molecular weight is 239 g/mol. The van der Waals surface area contributed by atoms with Crippen LogP contribution in [0.3, 0.4) is 0 Å². The minimum Gasteiger partial charge on any atom is -0.391 e. The highest BCUT2D eigenvalue weighted by Crippen LogP contribution is 2.14. The zero-order valence-corrected chi connectivity index (χ0v) is 9.07. The first-order chi connectivity index (χ1) is 7.81. The van der Waals surface area contributed by atoms with E-state index in [1.165, 1.54) is 17.4 Å². The van der Waals surface area contributed by atoms with E-state index in [0.29, 0.717) is 23.5 Å². The topological polar surface area (TPSA) is 80.6 Å². The molecule has 0 saturated carbocycles. The van der Waals surface area contributed by atoms with E-state index in [4.69, 9.17) is 4.84 Å². The molecule has 0 fully saturated rings. The van der Waals surface area contributed by atoms with Gasteiger partial charge in [-0.2, -0.15) is 0 Å². The number of nitrogens with zero attached hydrogens (tertiary/aromatic N) is 2. The fourth-order valence-corrected chi connectivity index (χ4v) is 1.46. The van der Waals surface area contributed by atoms with Crippen LogP contribution in [0.4, 0.5) is 5.13 Å². The summed E-state index contributed by atoms with van der Waals surface area (Å²) in [7, 11) is 0. The number of hydrogen-bond donors (Lipinski definition) is 1. The largest absolute Gasteiger partial charge is 0.391 e. The minimum absolute atomic E-state index is 0.0667. The van der Waals surface area contributed by atoms with E-state index in [2.05, 4.69) is 22.0 Å². The molecule has 0 spiro atoms. The highest BCUT2D eigenvalue weighted by atomic mass is 32.1. The molecule has 1 amide bonds. The second kappa shape index (κ2) is 6.46. The Morgan fingerprint density at radius 3 is 3.12 bits per heavy atom. The Balaban J connectivity index is 2.77. The van der Waals surface area contributed by atoms with Gasteiger partial charge in [0, 0.05) is 5.38 Å². The molecule has 0 saturated heterocycles. The lowest BCUT2D eigenvalue weighted by atomic mass is 10.3. The number of anilines is 1. The number of nitrogens with one attached hydrogen (secondary N) is 1. The minimum atomic E-state index is 0.0667. The summed E-state index contributed by atoms with van der Waals surface area (Å²) in [6, 6.07) is 0. The van der Waals surface area contributed by atoms with Crippen LogP contribution in [0.5, 0.6) is 0 Å². The summed E-state index contributed by atoms with van der Waals surface area (Å²) in [5, 5.41) is 7.94. The number of aromatic nitrogens is 1. The Morgan fingerprint density at radius 1 is 1.69 bits per heavy atom. The fraction of sp³-hybridized carbons (Fsp3) is 0.111. The Hall–Kier alpha value is -2.02. The summed E-state index contributed by atoms with van der Waals surface area (Å²) >= 11 is 1.19. The second-order valence-electron chi connectivity index (χ2n) is 2.48. The summed E-state index contributed by atoms with van der Waals surface area (Å²) < 4.78 is 0. The lowest BCUT2D eigenvalue weighted by Gasteiger charge is -1.94. The Morgan fingerprint density at radius 2 is 2.50 bits per heavy atom. The van der Waals surface area contributed by atoms with Crippen molar-refractivity contribution in [2.75, 3.05) is 11.9 Å². The Kier molecular flexibility index (Phi) is 4.87. The van der Waals surface area contributed by atoms with Crippen molar-refractivity contribution in [1.29, 1.82) is 0 Å². The number of oxime groups is 1. The molecular weight excluding hydrogens is 230 g/mol. The van der Waals surface area contributed by atoms with Crippen LogP contribution in [-0.4, -0.2) is 30.0 Å². The van der Waals surface area contributed by atoms with Gasteiger partial charge in [0.25, 0.3) is 0 Å². The second-order valence-corrected chi connectivity index (χ2v) is 3.34. The van der Waals surface area contributed by atoms with Crippen molar-refractivity contribution < 1.29 is 14.4 Å². The molecule has 7 heteroatoms. The van der Waals surface area contributed by atoms with Crippen molar-refractivity contribution in [3.05, 3.63) is 23.7 Å². The summed E-state index contributed by atoms with van der Waals surface area (Å²) in [6.07, 6.45) is 2.55. The highest BCUT2D eigenvalue weighted by molar-refractivity contribution is 7.14. The molecule has 1 aromatic heterocycles. The van der Waals surface area contributed by atoms with E-state index in [9.17, 15) is 9.59 Å². The Labute approximate surface area is 95.6 Å². The first-order valence-corrected chi connectivity index (χ1v) is 5.12. The normalized spacial score (nSPS) is 10.6. The smallest absolute Gasteiger partial charge is 0.213 e. The summed E-state index contributed by atoms with van der Waals surface area (Å²) in [5.41, 5.74) is 0.422. The maximum Gasteiger partial charge on any atom is 0.213 e. The van der Waals surface area contributed by atoms with Crippen LogP contribution in [0.15, 0.2) is 23.2 Å². The van der Waals surface area contributed by atoms with E-state index in [1.54, 1.807) is 5.38 Å². The molecule has 0 atom stereocenters. The van der Waals surface area contributed by atoms with Crippen molar-refractivity contribution in [2.24, 2.45) is 5.16 Å². The molecule has 0 aromatic carbocycles. The van der Waals surface area contributed by atoms with Gasteiger partial charge in [0.15, 0.2) is 17.1 Å². The van der Waals surface area contributed by atoms with Crippen LogP contribution < -0.4 is 5.32 Å². The van der Waals surface area contributed by atoms with E-state index in [1.807, 2.05) is 0 Å². The van der Waals surface area contributed by atoms with E-state index < -0.39 is 0 Å². The highest BCUT2D eigenvalue weighted by Gasteiger charge is 2.08. The maximum absolute atomic E-state index is 10.7. The molecule has 1 heterocycles. The molecule has 1 N–H and O–H groups in total. The molecule has 1 aromatic rings. The van der Waals surface area contributed by atoms with Gasteiger partial charge in [-0.15, -0.1) is 11.3 Å². The van der Waals surface area contributed by atoms with Gasteiger partial charge in [-0.3, -0.25) is 9.59 Å². The number of aldehydes is 1. The van der Waals surface area contributed by atoms with Gasteiger partial charge in [-0.05, 0) is 0 Å². The van der Waals surface area contributed by atoms with Gasteiger partial charge in [-0.1, -0.05) is 17.8 Å². The van der Waals surface area contributed by atoms with Gasteiger partial charge in [-0.25, -0.2) is 4.98 Å². The van der Waals surface area contributed by atoms with Crippen molar-refractivity contribution in [1.82, 2.24) is 4.98 Å². The molecule has 0 unspecified atom stereocenters. The Bertz CT molecular complexity index is 414. The number of rotatable bonds is 7. The molecule has 0 aliphatic rings. The molecule has 0 bridgehead atoms. The number of carbonyl (C=O) groups is 2. The van der Waals surface area contributed by atoms with Crippen molar-refractivity contribution >= 4 is 34.9 Å². The van der Waals surface area contributed by atoms with Crippen LogP contribution in [-0.2, 0) is 14.4 Å². The van der Waals surface area contributed by atoms with Crippen molar-refractivity contribution in [3.63, 3.8) is 0 Å². The predicted octanol–water partition coefficient (Wildman–Crippen LogP) is 0.817. The van der Waals surface area contributed by atoms with E-state index >= 15 is 0 Å². The fourth-order valence-electron chi connectivity index (χ4n) is 0.796.